The highest BCUT2D eigenvalue weighted by molar-refractivity contribution is 5.82. The average molecular weight is 374 g/mol. The van der Waals surface area contributed by atoms with E-state index in [1.54, 1.807) is 0 Å². The molecule has 0 radical (unpaired) electrons. The van der Waals surface area contributed by atoms with Crippen molar-refractivity contribution in [2.75, 3.05) is 13.1 Å². The molecule has 0 bridgehead atoms. The highest BCUT2D eigenvalue weighted by atomic mass is 16.1. The number of nitrogens with one attached hydrogen (secondary N) is 2. The van der Waals surface area contributed by atoms with Gasteiger partial charge >= 0.3 is 0 Å². The standard InChI is InChI=1S/C23H26N4O/c28-22-18-6-8-23(20(18)25-21(26-22)15-4-5-15)9-12-27(13-10-23)14-16-2-1-3-19-17(16)7-11-24-19/h1-3,7,11,15,24H,4-6,8-10,12-14H2,(H,25,26,28). The molecule has 3 aliphatic rings. The molecule has 3 heterocycles. The van der Waals surface area contributed by atoms with Crippen molar-refractivity contribution in [2.45, 2.75) is 56.4 Å². The number of likely N-dealkylation sites (tertiary alicyclic amines) is 1. The highest BCUT2D eigenvalue weighted by Crippen LogP contribution is 2.46. The molecule has 5 heteroatoms. The zero-order valence-electron chi connectivity index (χ0n) is 16.1. The van der Waals surface area contributed by atoms with Crippen molar-refractivity contribution < 1.29 is 0 Å². The van der Waals surface area contributed by atoms with Gasteiger partial charge in [-0.15, -0.1) is 0 Å². The number of hydrogen-bond acceptors (Lipinski definition) is 3. The first-order valence-electron chi connectivity index (χ1n) is 10.6. The number of H-pyrrole nitrogens is 2. The third-order valence-corrected chi connectivity index (χ3v) is 7.25. The van der Waals surface area contributed by atoms with E-state index in [4.69, 9.17) is 4.98 Å². The van der Waals surface area contributed by atoms with Crippen LogP contribution >= 0.6 is 0 Å². The van der Waals surface area contributed by atoms with Crippen LogP contribution in [0.4, 0.5) is 0 Å². The lowest BCUT2D eigenvalue weighted by Gasteiger charge is -2.39. The van der Waals surface area contributed by atoms with Crippen LogP contribution in [0, 0.1) is 0 Å². The molecule has 2 fully saturated rings. The van der Waals surface area contributed by atoms with Gasteiger partial charge in [0.25, 0.3) is 5.56 Å². The third kappa shape index (κ3) is 2.56. The van der Waals surface area contributed by atoms with Crippen molar-refractivity contribution in [3.63, 3.8) is 0 Å². The number of aromatic nitrogens is 3. The van der Waals surface area contributed by atoms with E-state index in [1.807, 2.05) is 6.20 Å². The lowest BCUT2D eigenvalue weighted by atomic mass is 9.76. The summed E-state index contributed by atoms with van der Waals surface area (Å²) in [6.45, 7) is 3.15. The SMILES string of the molecule is O=c1[nH]c(C2CC2)nc2c1CCC21CCN(Cc2cccc3[nH]ccc23)CC1. The molecular weight excluding hydrogens is 348 g/mol. The summed E-state index contributed by atoms with van der Waals surface area (Å²) in [7, 11) is 0. The molecule has 0 amide bonds. The number of aromatic amines is 2. The van der Waals surface area contributed by atoms with E-state index in [0.29, 0.717) is 5.92 Å². The number of hydrogen-bond donors (Lipinski definition) is 2. The van der Waals surface area contributed by atoms with Gasteiger partial charge in [0.15, 0.2) is 0 Å². The Morgan fingerprint density at radius 3 is 2.82 bits per heavy atom. The Bertz CT molecular complexity index is 1100. The van der Waals surface area contributed by atoms with Gasteiger partial charge in [-0.3, -0.25) is 9.69 Å². The topological polar surface area (TPSA) is 64.8 Å². The molecule has 1 aliphatic heterocycles. The van der Waals surface area contributed by atoms with Gasteiger partial charge < -0.3 is 9.97 Å². The van der Waals surface area contributed by atoms with Crippen LogP contribution in [0.5, 0.6) is 0 Å². The van der Waals surface area contributed by atoms with E-state index in [0.717, 1.165) is 62.4 Å². The normalized spacial score (nSPS) is 21.4. The Morgan fingerprint density at radius 2 is 2.00 bits per heavy atom. The minimum atomic E-state index is 0.129. The second-order valence-corrected chi connectivity index (χ2v) is 8.97. The van der Waals surface area contributed by atoms with Gasteiger partial charge in [0.05, 0.1) is 5.69 Å². The largest absolute Gasteiger partial charge is 0.361 e. The van der Waals surface area contributed by atoms with E-state index in [-0.39, 0.29) is 11.0 Å². The van der Waals surface area contributed by atoms with Crippen LogP contribution in [0.1, 0.15) is 60.7 Å². The van der Waals surface area contributed by atoms with Gasteiger partial charge in [-0.2, -0.15) is 0 Å². The predicted octanol–water partition coefficient (Wildman–Crippen LogP) is 3.61. The molecule has 0 unspecified atom stereocenters. The average Bonchev–Trinajstić information content (AvgIpc) is 3.34. The molecule has 1 aromatic carbocycles. The molecule has 1 saturated heterocycles. The van der Waals surface area contributed by atoms with E-state index in [2.05, 4.69) is 39.1 Å². The molecule has 0 atom stereocenters. The van der Waals surface area contributed by atoms with Crippen LogP contribution in [-0.2, 0) is 18.4 Å². The van der Waals surface area contributed by atoms with Crippen molar-refractivity contribution in [2.24, 2.45) is 0 Å². The predicted molar refractivity (Wildman–Crippen MR) is 110 cm³/mol. The molecular formula is C23H26N4O. The van der Waals surface area contributed by atoms with Gasteiger partial charge in [0.1, 0.15) is 5.82 Å². The highest BCUT2D eigenvalue weighted by Gasteiger charge is 2.44. The fourth-order valence-corrected chi connectivity index (χ4v) is 5.37. The molecule has 2 N–H and O–H groups in total. The first kappa shape index (κ1) is 16.5. The Morgan fingerprint density at radius 1 is 1.14 bits per heavy atom. The van der Waals surface area contributed by atoms with Gasteiger partial charge in [-0.25, -0.2) is 4.98 Å². The smallest absolute Gasteiger partial charge is 0.254 e. The van der Waals surface area contributed by atoms with E-state index in [1.165, 1.54) is 29.3 Å². The van der Waals surface area contributed by atoms with Crippen LogP contribution < -0.4 is 5.56 Å². The van der Waals surface area contributed by atoms with E-state index < -0.39 is 0 Å². The summed E-state index contributed by atoms with van der Waals surface area (Å²) in [4.78, 5) is 26.6. The van der Waals surface area contributed by atoms with Crippen LogP contribution in [0.15, 0.2) is 35.3 Å². The van der Waals surface area contributed by atoms with Crippen LogP contribution in [0.2, 0.25) is 0 Å². The van der Waals surface area contributed by atoms with Crippen molar-refractivity contribution in [3.05, 3.63) is 63.5 Å². The summed E-state index contributed by atoms with van der Waals surface area (Å²) >= 11 is 0. The van der Waals surface area contributed by atoms with Crippen LogP contribution in [0.3, 0.4) is 0 Å². The quantitative estimate of drug-likeness (QED) is 0.736. The summed E-state index contributed by atoms with van der Waals surface area (Å²) in [6, 6.07) is 8.70. The molecule has 6 rings (SSSR count). The third-order valence-electron chi connectivity index (χ3n) is 7.25. The maximum atomic E-state index is 12.6. The monoisotopic (exact) mass is 374 g/mol. The number of piperidine rings is 1. The summed E-state index contributed by atoms with van der Waals surface area (Å²) < 4.78 is 0. The zero-order chi connectivity index (χ0) is 18.7. The number of nitrogens with zero attached hydrogens (tertiary/aromatic N) is 2. The Hall–Kier alpha value is -2.40. The van der Waals surface area contributed by atoms with Crippen molar-refractivity contribution in [3.8, 4) is 0 Å². The lowest BCUT2D eigenvalue weighted by molar-refractivity contribution is 0.150. The molecule has 1 saturated carbocycles. The summed E-state index contributed by atoms with van der Waals surface area (Å²) in [6.07, 6.45) is 8.59. The summed E-state index contributed by atoms with van der Waals surface area (Å²) in [5, 5.41) is 1.33. The minimum Gasteiger partial charge on any atom is -0.361 e. The minimum absolute atomic E-state index is 0.129. The lowest BCUT2D eigenvalue weighted by Crippen LogP contribution is -2.42. The molecule has 1 spiro atoms. The van der Waals surface area contributed by atoms with Gasteiger partial charge in [-0.05, 0) is 69.3 Å². The summed E-state index contributed by atoms with van der Waals surface area (Å²) in [5.41, 5.74) is 4.98. The number of fused-ring (bicyclic) bond motifs is 3. The van der Waals surface area contributed by atoms with Crippen LogP contribution in [0.25, 0.3) is 10.9 Å². The van der Waals surface area contributed by atoms with Crippen molar-refractivity contribution in [1.82, 2.24) is 19.9 Å². The van der Waals surface area contributed by atoms with Crippen molar-refractivity contribution >= 4 is 10.9 Å². The van der Waals surface area contributed by atoms with Gasteiger partial charge in [-0.1, -0.05) is 12.1 Å². The van der Waals surface area contributed by atoms with E-state index >= 15 is 0 Å². The molecule has 2 aromatic heterocycles. The molecule has 2 aliphatic carbocycles. The van der Waals surface area contributed by atoms with E-state index in [9.17, 15) is 4.79 Å². The Balaban J connectivity index is 1.24. The second kappa shape index (κ2) is 6.05. The first-order valence-corrected chi connectivity index (χ1v) is 10.6. The summed E-state index contributed by atoms with van der Waals surface area (Å²) in [5.74, 6) is 1.45. The molecule has 28 heavy (non-hydrogen) atoms. The fourth-order valence-electron chi connectivity index (χ4n) is 5.37. The Labute approximate surface area is 164 Å². The van der Waals surface area contributed by atoms with Crippen LogP contribution in [-0.4, -0.2) is 32.9 Å². The van der Waals surface area contributed by atoms with Gasteiger partial charge in [0, 0.05) is 40.5 Å². The maximum Gasteiger partial charge on any atom is 0.254 e. The zero-order valence-corrected chi connectivity index (χ0v) is 16.1. The molecule has 3 aromatic rings. The van der Waals surface area contributed by atoms with Gasteiger partial charge in [0.2, 0.25) is 0 Å². The molecule has 5 nitrogen and oxygen atoms in total. The Kier molecular flexibility index (Phi) is 3.57. The number of rotatable bonds is 3. The number of benzene rings is 1. The molecule has 144 valence electrons. The maximum absolute atomic E-state index is 12.6. The van der Waals surface area contributed by atoms with Crippen molar-refractivity contribution in [1.29, 1.82) is 0 Å². The fraction of sp³-hybridized carbons (Fsp3) is 0.478. The first-order chi connectivity index (χ1) is 13.7. The second-order valence-electron chi connectivity index (χ2n) is 8.97.